The third kappa shape index (κ3) is 3.49. The molecule has 0 aromatic heterocycles. The average Bonchev–Trinajstić information content (AvgIpc) is 2.49. The Balaban J connectivity index is 2.15. The first-order chi connectivity index (χ1) is 10.3. The molecule has 1 saturated heterocycles. The van der Waals surface area contributed by atoms with Gasteiger partial charge in [-0.1, -0.05) is 11.6 Å². The number of benzene rings is 1. The Morgan fingerprint density at radius 3 is 2.45 bits per heavy atom. The van der Waals surface area contributed by atoms with Crippen molar-refractivity contribution in [2.75, 3.05) is 6.61 Å². The lowest BCUT2D eigenvalue weighted by Gasteiger charge is -2.39. The van der Waals surface area contributed by atoms with Crippen molar-refractivity contribution in [1.82, 2.24) is 0 Å². The minimum Gasteiger partial charge on any atom is -0.595 e. The lowest BCUT2D eigenvalue weighted by Crippen LogP contribution is -2.99. The maximum Gasteiger partial charge on any atom is 0.229 e. The summed E-state index contributed by atoms with van der Waals surface area (Å²) in [5, 5.41) is 56.7. The van der Waals surface area contributed by atoms with Crippen LogP contribution in [-0.4, -0.2) is 62.9 Å². The molecule has 1 aliphatic rings. The van der Waals surface area contributed by atoms with Gasteiger partial charge in [0.2, 0.25) is 6.29 Å². The Bertz CT molecular complexity index is 514. The van der Waals surface area contributed by atoms with Crippen molar-refractivity contribution in [3.63, 3.8) is 0 Å². The van der Waals surface area contributed by atoms with Crippen LogP contribution in [0.2, 0.25) is 5.02 Å². The molecule has 124 valence electrons. The van der Waals surface area contributed by atoms with E-state index in [1.54, 1.807) is 0 Å². The Kier molecular flexibility index (Phi) is 5.55. The molecule has 9 nitrogen and oxygen atoms in total. The van der Waals surface area contributed by atoms with Gasteiger partial charge in [0.15, 0.2) is 5.69 Å². The van der Waals surface area contributed by atoms with Crippen LogP contribution in [0.4, 0.5) is 5.69 Å². The van der Waals surface area contributed by atoms with E-state index in [4.69, 9.17) is 31.4 Å². The van der Waals surface area contributed by atoms with Crippen LogP contribution >= 0.6 is 11.6 Å². The first-order valence-electron chi connectivity index (χ1n) is 6.35. The van der Waals surface area contributed by atoms with E-state index in [9.17, 15) is 20.5 Å². The third-order valence-corrected chi connectivity index (χ3v) is 3.57. The van der Waals surface area contributed by atoms with Crippen molar-refractivity contribution >= 4 is 17.3 Å². The van der Waals surface area contributed by atoms with Crippen molar-refractivity contribution < 1.29 is 40.3 Å². The second kappa shape index (κ2) is 7.04. The fourth-order valence-corrected chi connectivity index (χ4v) is 2.24. The Hall–Kier alpha value is -1.01. The topological polar surface area (TPSA) is 147 Å². The molecular formula is C12H16ClNO8. The van der Waals surface area contributed by atoms with E-state index in [-0.39, 0.29) is 16.5 Å². The predicted octanol–water partition coefficient (Wildman–Crippen LogP) is -2.08. The number of rotatable bonds is 4. The maximum absolute atomic E-state index is 10.8. The van der Waals surface area contributed by atoms with Crippen LogP contribution < -0.4 is 9.96 Å². The monoisotopic (exact) mass is 337 g/mol. The van der Waals surface area contributed by atoms with Gasteiger partial charge in [-0.25, -0.2) is 5.21 Å². The minimum atomic E-state index is -1.58. The van der Waals surface area contributed by atoms with Crippen LogP contribution in [0.25, 0.3) is 0 Å². The second-order valence-electron chi connectivity index (χ2n) is 4.77. The number of halogens is 1. The predicted molar refractivity (Wildman–Crippen MR) is 71.6 cm³/mol. The van der Waals surface area contributed by atoms with Gasteiger partial charge in [0, 0.05) is 12.1 Å². The first kappa shape index (κ1) is 17.3. The molecule has 1 aliphatic heterocycles. The van der Waals surface area contributed by atoms with Crippen molar-refractivity contribution in [1.29, 1.82) is 0 Å². The van der Waals surface area contributed by atoms with Gasteiger partial charge in [0.05, 0.1) is 11.6 Å². The van der Waals surface area contributed by atoms with Gasteiger partial charge >= 0.3 is 0 Å². The van der Waals surface area contributed by atoms with E-state index < -0.39 is 42.5 Å². The van der Waals surface area contributed by atoms with Crippen LogP contribution in [0.1, 0.15) is 0 Å². The van der Waals surface area contributed by atoms with Gasteiger partial charge in [0.1, 0.15) is 30.2 Å². The summed E-state index contributed by atoms with van der Waals surface area (Å²) in [5.74, 6) is 0.0241. The molecule has 1 fully saturated rings. The van der Waals surface area contributed by atoms with Crippen LogP contribution in [0.3, 0.4) is 0 Å². The van der Waals surface area contributed by atoms with Crippen molar-refractivity contribution in [2.45, 2.75) is 30.7 Å². The van der Waals surface area contributed by atoms with E-state index in [1.165, 1.54) is 12.1 Å². The second-order valence-corrected chi connectivity index (χ2v) is 5.17. The summed E-state index contributed by atoms with van der Waals surface area (Å²) < 4.78 is 10.5. The lowest BCUT2D eigenvalue weighted by atomic mass is 9.99. The molecule has 0 spiro atoms. The zero-order valence-electron chi connectivity index (χ0n) is 11.2. The summed E-state index contributed by atoms with van der Waals surface area (Å²) in [7, 11) is 0. The molecule has 0 aliphatic carbocycles. The zero-order chi connectivity index (χ0) is 16.4. The summed E-state index contributed by atoms with van der Waals surface area (Å²) >= 11 is 5.89. The highest BCUT2D eigenvalue weighted by molar-refractivity contribution is 6.32. The van der Waals surface area contributed by atoms with Crippen molar-refractivity contribution in [3.8, 4) is 5.75 Å². The molecule has 1 aromatic carbocycles. The van der Waals surface area contributed by atoms with E-state index in [2.05, 4.69) is 0 Å². The molecular weight excluding hydrogens is 322 g/mol. The normalized spacial score (nSPS) is 33.5. The first-order valence-corrected chi connectivity index (χ1v) is 6.73. The quantitative estimate of drug-likeness (QED) is 0.343. The van der Waals surface area contributed by atoms with Gasteiger partial charge in [-0.3, -0.25) is 0 Å². The number of ether oxygens (including phenoxy) is 2. The van der Waals surface area contributed by atoms with Crippen LogP contribution in [0.5, 0.6) is 5.75 Å². The molecule has 6 unspecified atom stereocenters. The van der Waals surface area contributed by atoms with E-state index in [1.807, 2.05) is 0 Å². The van der Waals surface area contributed by atoms with Gasteiger partial charge in [-0.05, 0) is 6.07 Å². The molecule has 0 amide bonds. The minimum absolute atomic E-state index is 0.0241. The fourth-order valence-electron chi connectivity index (χ4n) is 2.02. The highest BCUT2D eigenvalue weighted by atomic mass is 35.5. The summed E-state index contributed by atoms with van der Waals surface area (Å²) in [6, 6.07) is 3.67. The molecule has 6 N–H and O–H groups in total. The van der Waals surface area contributed by atoms with E-state index in [0.29, 0.717) is 0 Å². The molecule has 1 heterocycles. The molecule has 0 radical (unpaired) electrons. The molecule has 6 atom stereocenters. The standard InChI is InChI=1S/C12H16ClNO8/c13-6-3-5(14(19)20)1-2-7(6)21-12-11(18)10(17)9(16)8(4-15)22-12/h1-3,8-12,14-19H,4H2. The SMILES string of the molecule is [O-][NH+](O)c1ccc(OC2OC(CO)C(O)C(O)C2O)c(Cl)c1. The fraction of sp³-hybridized carbons (Fsp3) is 0.500. The van der Waals surface area contributed by atoms with Gasteiger partial charge in [-0.15, -0.1) is 0 Å². The summed E-state index contributed by atoms with van der Waals surface area (Å²) in [4.78, 5) is 0. The lowest BCUT2D eigenvalue weighted by molar-refractivity contribution is -0.991. The van der Waals surface area contributed by atoms with E-state index in [0.717, 1.165) is 6.07 Å². The largest absolute Gasteiger partial charge is 0.595 e. The van der Waals surface area contributed by atoms with Gasteiger partial charge in [0.25, 0.3) is 0 Å². The van der Waals surface area contributed by atoms with E-state index >= 15 is 0 Å². The Morgan fingerprint density at radius 1 is 1.23 bits per heavy atom. The zero-order valence-corrected chi connectivity index (χ0v) is 11.9. The smallest absolute Gasteiger partial charge is 0.229 e. The number of hydrogen-bond donors (Lipinski definition) is 6. The molecule has 22 heavy (non-hydrogen) atoms. The van der Waals surface area contributed by atoms with Crippen LogP contribution in [-0.2, 0) is 4.74 Å². The number of hydrogen-bond acceptors (Lipinski definition) is 8. The summed E-state index contributed by atoms with van der Waals surface area (Å²) in [5.41, 5.74) is -0.0499. The Morgan fingerprint density at radius 2 is 1.91 bits per heavy atom. The summed E-state index contributed by atoms with van der Waals surface area (Å²) in [6.07, 6.45) is -7.14. The van der Waals surface area contributed by atoms with Gasteiger partial charge in [-0.2, -0.15) is 5.23 Å². The molecule has 0 saturated carbocycles. The maximum atomic E-state index is 10.8. The van der Waals surface area contributed by atoms with Gasteiger partial charge < -0.3 is 35.1 Å². The number of nitrogens with one attached hydrogen (secondary N) is 1. The van der Waals surface area contributed by atoms with Crippen LogP contribution in [0, 0.1) is 5.21 Å². The molecule has 10 heteroatoms. The molecule has 2 rings (SSSR count). The van der Waals surface area contributed by atoms with Crippen molar-refractivity contribution in [2.24, 2.45) is 0 Å². The summed E-state index contributed by atoms with van der Waals surface area (Å²) in [6.45, 7) is -0.587. The third-order valence-electron chi connectivity index (χ3n) is 3.27. The van der Waals surface area contributed by atoms with Crippen LogP contribution in [0.15, 0.2) is 18.2 Å². The number of quaternary nitrogens is 1. The van der Waals surface area contributed by atoms with Crippen molar-refractivity contribution in [3.05, 3.63) is 28.4 Å². The molecule has 1 aromatic rings. The average molecular weight is 338 g/mol. The number of aliphatic hydroxyl groups excluding tert-OH is 4. The highest BCUT2D eigenvalue weighted by Crippen LogP contribution is 2.30. The highest BCUT2D eigenvalue weighted by Gasteiger charge is 2.44. The number of aliphatic hydroxyl groups is 4. The molecule has 0 bridgehead atoms. The Labute approximate surface area is 130 Å².